The van der Waals surface area contributed by atoms with Gasteiger partial charge in [-0.3, -0.25) is 14.9 Å². The lowest BCUT2D eigenvalue weighted by Crippen LogP contribution is -2.19. The van der Waals surface area contributed by atoms with Crippen molar-refractivity contribution in [3.05, 3.63) is 33.9 Å². The second-order valence-electron chi connectivity index (χ2n) is 4.24. The van der Waals surface area contributed by atoms with E-state index in [-0.39, 0.29) is 30.0 Å². The Morgan fingerprint density at radius 2 is 2.10 bits per heavy atom. The predicted octanol–water partition coefficient (Wildman–Crippen LogP) is 0.330. The highest BCUT2D eigenvalue weighted by molar-refractivity contribution is 5.91. The minimum absolute atomic E-state index is 0.00935. The molecule has 0 spiro atoms. The molecule has 8 heteroatoms. The minimum Gasteiger partial charge on any atom is -0.396 e. The Morgan fingerprint density at radius 1 is 1.45 bits per heavy atom. The summed E-state index contributed by atoms with van der Waals surface area (Å²) in [5.74, 6) is -0.457. The number of benzene rings is 1. The van der Waals surface area contributed by atoms with Gasteiger partial charge >= 0.3 is 0 Å². The number of amides is 1. The van der Waals surface area contributed by atoms with Crippen molar-refractivity contribution in [1.29, 1.82) is 0 Å². The monoisotopic (exact) mass is 284 g/mol. The number of nitrogens with zero attached hydrogens (tertiary/aromatic N) is 1. The van der Waals surface area contributed by atoms with Crippen LogP contribution in [0.1, 0.15) is 25.0 Å². The highest BCUT2D eigenvalue weighted by Crippen LogP contribution is 2.29. The highest BCUT2D eigenvalue weighted by atomic mass is 16.6. The van der Waals surface area contributed by atoms with Crippen LogP contribution in [0.25, 0.3) is 0 Å². The van der Waals surface area contributed by atoms with Gasteiger partial charge in [-0.05, 0) is 18.1 Å². The van der Waals surface area contributed by atoms with Crippen LogP contribution in [0.3, 0.4) is 0 Å². The number of nitrogens with one attached hydrogen (secondary N) is 1. The highest BCUT2D eigenvalue weighted by Gasteiger charge is 2.22. The largest absolute Gasteiger partial charge is 0.396 e. The number of aliphatic hydroxyl groups is 3. The number of nitro benzene ring substituents is 1. The van der Waals surface area contributed by atoms with Gasteiger partial charge in [-0.15, -0.1) is 0 Å². The standard InChI is InChI=1S/C12H16N2O6/c1-7(16)13-9-3-2-8(6-10(9)14(19)20)12(18)11(17)4-5-15/h2-3,6,11-12,15,17-18H,4-5H2,1H3,(H,13,16). The fourth-order valence-electron chi connectivity index (χ4n) is 1.69. The SMILES string of the molecule is CC(=O)Nc1ccc(C(O)C(O)CCO)cc1[N+](=O)[O-]. The van der Waals surface area contributed by atoms with E-state index in [1.807, 2.05) is 0 Å². The van der Waals surface area contributed by atoms with E-state index in [1.165, 1.54) is 19.1 Å². The van der Waals surface area contributed by atoms with Gasteiger partial charge in [0.1, 0.15) is 11.8 Å². The van der Waals surface area contributed by atoms with E-state index < -0.39 is 23.0 Å². The van der Waals surface area contributed by atoms with E-state index in [1.54, 1.807) is 0 Å². The molecule has 8 nitrogen and oxygen atoms in total. The van der Waals surface area contributed by atoms with E-state index >= 15 is 0 Å². The third-order valence-electron chi connectivity index (χ3n) is 2.66. The molecule has 4 N–H and O–H groups in total. The molecule has 0 aliphatic rings. The van der Waals surface area contributed by atoms with Crippen LogP contribution in [0, 0.1) is 10.1 Å². The molecule has 0 aliphatic heterocycles. The summed E-state index contributed by atoms with van der Waals surface area (Å²) in [4.78, 5) is 21.2. The average molecular weight is 284 g/mol. The number of nitro groups is 1. The van der Waals surface area contributed by atoms with Crippen molar-refractivity contribution in [3.63, 3.8) is 0 Å². The Bertz CT molecular complexity index is 505. The Balaban J connectivity index is 3.09. The average Bonchev–Trinajstić information content (AvgIpc) is 2.37. The fraction of sp³-hybridized carbons (Fsp3) is 0.417. The number of aliphatic hydroxyl groups excluding tert-OH is 3. The number of rotatable bonds is 6. The maximum absolute atomic E-state index is 10.9. The number of carbonyl (C=O) groups is 1. The van der Waals surface area contributed by atoms with Crippen molar-refractivity contribution in [2.75, 3.05) is 11.9 Å². The second kappa shape index (κ2) is 6.94. The first-order valence-electron chi connectivity index (χ1n) is 5.89. The summed E-state index contributed by atoms with van der Waals surface area (Å²) in [6.45, 7) is 0.905. The molecule has 0 bridgehead atoms. The lowest BCUT2D eigenvalue weighted by atomic mass is 10.0. The summed E-state index contributed by atoms with van der Waals surface area (Å²) < 4.78 is 0. The molecule has 1 rings (SSSR count). The van der Waals surface area contributed by atoms with Crippen molar-refractivity contribution >= 4 is 17.3 Å². The Labute approximate surface area is 114 Å². The maximum Gasteiger partial charge on any atom is 0.293 e. The van der Waals surface area contributed by atoms with Gasteiger partial charge in [0.05, 0.1) is 11.0 Å². The lowest BCUT2D eigenvalue weighted by molar-refractivity contribution is -0.384. The zero-order chi connectivity index (χ0) is 15.3. The van der Waals surface area contributed by atoms with Crippen LogP contribution < -0.4 is 5.32 Å². The first-order valence-corrected chi connectivity index (χ1v) is 5.89. The van der Waals surface area contributed by atoms with E-state index in [9.17, 15) is 25.1 Å². The molecular formula is C12H16N2O6. The van der Waals surface area contributed by atoms with Crippen molar-refractivity contribution in [3.8, 4) is 0 Å². The minimum atomic E-state index is -1.35. The van der Waals surface area contributed by atoms with Gasteiger partial charge in [0.2, 0.25) is 5.91 Å². The summed E-state index contributed by atoms with van der Waals surface area (Å²) in [7, 11) is 0. The molecule has 0 radical (unpaired) electrons. The first kappa shape index (κ1) is 16.0. The van der Waals surface area contributed by atoms with Crippen LogP contribution in [-0.4, -0.2) is 38.9 Å². The van der Waals surface area contributed by atoms with E-state index in [0.717, 1.165) is 6.07 Å². The zero-order valence-corrected chi connectivity index (χ0v) is 10.8. The maximum atomic E-state index is 10.9. The summed E-state index contributed by atoms with van der Waals surface area (Å²) in [6.07, 6.45) is -2.64. The molecule has 0 aromatic heterocycles. The number of carbonyl (C=O) groups excluding carboxylic acids is 1. The normalized spacial score (nSPS) is 13.6. The van der Waals surface area contributed by atoms with Gasteiger partial charge in [-0.1, -0.05) is 6.07 Å². The molecule has 2 unspecified atom stereocenters. The second-order valence-corrected chi connectivity index (χ2v) is 4.24. The molecule has 0 saturated carbocycles. The van der Waals surface area contributed by atoms with Crippen LogP contribution in [0.15, 0.2) is 18.2 Å². The number of anilines is 1. The zero-order valence-electron chi connectivity index (χ0n) is 10.8. The first-order chi connectivity index (χ1) is 9.36. The van der Waals surface area contributed by atoms with Crippen molar-refractivity contribution in [2.24, 2.45) is 0 Å². The third-order valence-corrected chi connectivity index (χ3v) is 2.66. The molecule has 0 saturated heterocycles. The third kappa shape index (κ3) is 3.98. The van der Waals surface area contributed by atoms with Crippen LogP contribution in [-0.2, 0) is 4.79 Å². The molecule has 0 heterocycles. The van der Waals surface area contributed by atoms with Gasteiger partial charge in [0, 0.05) is 19.6 Å². The molecule has 0 fully saturated rings. The fourth-order valence-corrected chi connectivity index (χ4v) is 1.69. The Hall–Kier alpha value is -2.03. The van der Waals surface area contributed by atoms with Crippen LogP contribution in [0.5, 0.6) is 0 Å². The number of hydrogen-bond donors (Lipinski definition) is 4. The summed E-state index contributed by atoms with van der Waals surface area (Å²) >= 11 is 0. The van der Waals surface area contributed by atoms with Gasteiger partial charge in [0.25, 0.3) is 5.69 Å². The molecule has 1 aromatic rings. The number of hydrogen-bond acceptors (Lipinski definition) is 6. The van der Waals surface area contributed by atoms with E-state index in [2.05, 4.69) is 5.32 Å². The van der Waals surface area contributed by atoms with Gasteiger partial charge in [-0.2, -0.15) is 0 Å². The molecule has 20 heavy (non-hydrogen) atoms. The van der Waals surface area contributed by atoms with Crippen LogP contribution in [0.4, 0.5) is 11.4 Å². The Morgan fingerprint density at radius 3 is 2.60 bits per heavy atom. The van der Waals surface area contributed by atoms with Gasteiger partial charge in [0.15, 0.2) is 0 Å². The van der Waals surface area contributed by atoms with Crippen LogP contribution >= 0.6 is 0 Å². The van der Waals surface area contributed by atoms with Crippen LogP contribution in [0.2, 0.25) is 0 Å². The molecule has 110 valence electrons. The van der Waals surface area contributed by atoms with Gasteiger partial charge in [-0.25, -0.2) is 0 Å². The van der Waals surface area contributed by atoms with Crippen molar-refractivity contribution < 1.29 is 25.0 Å². The molecule has 2 atom stereocenters. The van der Waals surface area contributed by atoms with Gasteiger partial charge < -0.3 is 20.6 Å². The summed E-state index contributed by atoms with van der Waals surface area (Å²) in [5.41, 5.74) is -0.241. The Kier molecular flexibility index (Phi) is 5.56. The van der Waals surface area contributed by atoms with E-state index in [0.29, 0.717) is 0 Å². The lowest BCUT2D eigenvalue weighted by Gasteiger charge is -2.17. The molecule has 1 aromatic carbocycles. The molecule has 0 aliphatic carbocycles. The molecule has 1 amide bonds. The topological polar surface area (TPSA) is 133 Å². The summed E-state index contributed by atoms with van der Waals surface area (Å²) in [5, 5.41) is 41.3. The summed E-state index contributed by atoms with van der Waals surface area (Å²) in [6, 6.07) is 3.73. The van der Waals surface area contributed by atoms with E-state index in [4.69, 9.17) is 5.11 Å². The van der Waals surface area contributed by atoms with Crippen molar-refractivity contribution in [1.82, 2.24) is 0 Å². The smallest absolute Gasteiger partial charge is 0.293 e. The molecular weight excluding hydrogens is 268 g/mol. The van der Waals surface area contributed by atoms with Crippen molar-refractivity contribution in [2.45, 2.75) is 25.6 Å². The quantitative estimate of drug-likeness (QED) is 0.439. The predicted molar refractivity (Wildman–Crippen MR) is 70.1 cm³/mol.